The van der Waals surface area contributed by atoms with Gasteiger partial charge in [0.25, 0.3) is 0 Å². The Morgan fingerprint density at radius 2 is 1.04 bits per heavy atom. The van der Waals surface area contributed by atoms with Crippen LogP contribution >= 0.6 is 0 Å². The number of aliphatic hydroxyl groups excluding tert-OH is 1. The first-order valence-corrected chi connectivity index (χ1v) is 11.4. The minimum absolute atomic E-state index is 0.331. The normalized spacial score (nSPS) is 10.7. The molecule has 3 nitrogen and oxygen atoms in total. The van der Waals surface area contributed by atoms with Gasteiger partial charge in [-0.15, -0.1) is 0 Å². The van der Waals surface area contributed by atoms with E-state index >= 15 is 0 Å². The highest BCUT2D eigenvalue weighted by Gasteiger charge is 1.97. The molecule has 0 fully saturated rings. The van der Waals surface area contributed by atoms with E-state index in [1.807, 2.05) is 0 Å². The van der Waals surface area contributed by atoms with Crippen molar-refractivity contribution in [2.75, 3.05) is 6.61 Å². The molecule has 0 heterocycles. The van der Waals surface area contributed by atoms with Gasteiger partial charge < -0.3 is 10.2 Å². The molecule has 0 aromatic carbocycles. The Balaban J connectivity index is 0. The van der Waals surface area contributed by atoms with Crippen LogP contribution in [0.1, 0.15) is 130 Å². The number of hydrogen-bond donors (Lipinski definition) is 2. The molecule has 3 heteroatoms. The lowest BCUT2D eigenvalue weighted by Crippen LogP contribution is -1.93. The molecule has 0 rings (SSSR count). The third-order valence-electron chi connectivity index (χ3n) is 4.70. The molecular formula is C23H48O3. The summed E-state index contributed by atoms with van der Waals surface area (Å²) in [5, 5.41) is 16.8. The highest BCUT2D eigenvalue weighted by Crippen LogP contribution is 2.13. The van der Waals surface area contributed by atoms with Gasteiger partial charge in [-0.25, -0.2) is 0 Å². The van der Waals surface area contributed by atoms with Gasteiger partial charge in [0.15, 0.2) is 0 Å². The number of unbranched alkanes of at least 4 members (excludes halogenated alkanes) is 14. The lowest BCUT2D eigenvalue weighted by atomic mass is 10.0. The minimum Gasteiger partial charge on any atom is -0.481 e. The zero-order valence-corrected chi connectivity index (χ0v) is 18.1. The van der Waals surface area contributed by atoms with Crippen LogP contribution in [0.25, 0.3) is 0 Å². The van der Waals surface area contributed by atoms with Gasteiger partial charge in [-0.1, -0.05) is 111 Å². The summed E-state index contributed by atoms with van der Waals surface area (Å²) in [6, 6.07) is 0. The average molecular weight is 373 g/mol. The second-order valence-electron chi connectivity index (χ2n) is 8.00. The predicted molar refractivity (Wildman–Crippen MR) is 114 cm³/mol. The number of hydrogen-bond acceptors (Lipinski definition) is 2. The smallest absolute Gasteiger partial charge is 0.303 e. The van der Waals surface area contributed by atoms with E-state index in [0.29, 0.717) is 18.9 Å². The van der Waals surface area contributed by atoms with Crippen LogP contribution in [0.3, 0.4) is 0 Å². The van der Waals surface area contributed by atoms with Crippen LogP contribution in [0, 0.1) is 5.92 Å². The van der Waals surface area contributed by atoms with Crippen LogP contribution in [0.4, 0.5) is 0 Å². The molecule has 0 saturated carbocycles. The standard InChI is InChI=1S/C18H36O2.C5H12O/c1-2-3-4-5-6-7-8-9-10-11-12-13-14-15-16-17-18(19)20;1-5(2)3-4-6/h2-17H2,1H3,(H,19,20);5-6H,3-4H2,1-2H3. The van der Waals surface area contributed by atoms with Crippen molar-refractivity contribution in [3.8, 4) is 0 Å². The van der Waals surface area contributed by atoms with E-state index in [0.717, 1.165) is 19.3 Å². The van der Waals surface area contributed by atoms with E-state index in [2.05, 4.69) is 20.8 Å². The fraction of sp³-hybridized carbons (Fsp3) is 0.957. The van der Waals surface area contributed by atoms with Crippen LogP contribution in [0.15, 0.2) is 0 Å². The second kappa shape index (κ2) is 24.4. The molecule has 0 aromatic heterocycles. The van der Waals surface area contributed by atoms with Gasteiger partial charge in [0.05, 0.1) is 0 Å². The van der Waals surface area contributed by atoms with Gasteiger partial charge in [-0.05, 0) is 18.8 Å². The molecule has 0 aromatic rings. The number of carbonyl (C=O) groups is 1. The van der Waals surface area contributed by atoms with Gasteiger partial charge in [0.1, 0.15) is 0 Å². The second-order valence-corrected chi connectivity index (χ2v) is 8.00. The molecule has 158 valence electrons. The monoisotopic (exact) mass is 372 g/mol. The van der Waals surface area contributed by atoms with Crippen LogP contribution in [0.5, 0.6) is 0 Å². The summed E-state index contributed by atoms with van der Waals surface area (Å²) in [6.45, 7) is 6.79. The first-order chi connectivity index (χ1) is 12.5. The largest absolute Gasteiger partial charge is 0.481 e. The lowest BCUT2D eigenvalue weighted by molar-refractivity contribution is -0.137. The number of aliphatic carboxylic acids is 1. The summed E-state index contributed by atoms with van der Waals surface area (Å²) in [4.78, 5) is 10.3. The molecule has 2 N–H and O–H groups in total. The molecular weight excluding hydrogens is 324 g/mol. The molecule has 0 aliphatic rings. The summed E-state index contributed by atoms with van der Waals surface area (Å²) < 4.78 is 0. The highest BCUT2D eigenvalue weighted by molar-refractivity contribution is 5.66. The third-order valence-corrected chi connectivity index (χ3v) is 4.70. The van der Waals surface area contributed by atoms with E-state index in [-0.39, 0.29) is 0 Å². The summed E-state index contributed by atoms with van der Waals surface area (Å²) in [5.41, 5.74) is 0. The lowest BCUT2D eigenvalue weighted by Gasteiger charge is -2.03. The first-order valence-electron chi connectivity index (χ1n) is 11.4. The summed E-state index contributed by atoms with van der Waals surface area (Å²) >= 11 is 0. The van der Waals surface area contributed by atoms with Crippen LogP contribution < -0.4 is 0 Å². The van der Waals surface area contributed by atoms with Crippen molar-refractivity contribution in [1.82, 2.24) is 0 Å². The molecule has 0 amide bonds. The Morgan fingerprint density at radius 3 is 1.27 bits per heavy atom. The van der Waals surface area contributed by atoms with Gasteiger partial charge in [-0.3, -0.25) is 4.79 Å². The fourth-order valence-corrected chi connectivity index (χ4v) is 2.91. The van der Waals surface area contributed by atoms with Crippen LogP contribution in [-0.4, -0.2) is 22.8 Å². The number of rotatable bonds is 18. The minimum atomic E-state index is -0.653. The maximum absolute atomic E-state index is 10.3. The molecule has 0 saturated heterocycles. The van der Waals surface area contributed by atoms with E-state index < -0.39 is 5.97 Å². The molecule has 0 unspecified atom stereocenters. The molecule has 0 bridgehead atoms. The van der Waals surface area contributed by atoms with Crippen molar-refractivity contribution in [2.24, 2.45) is 5.92 Å². The van der Waals surface area contributed by atoms with Crippen molar-refractivity contribution in [1.29, 1.82) is 0 Å². The zero-order valence-electron chi connectivity index (χ0n) is 18.1. The number of aliphatic hydroxyl groups is 1. The van der Waals surface area contributed by atoms with Crippen molar-refractivity contribution in [3.63, 3.8) is 0 Å². The summed E-state index contributed by atoms with van der Waals surface area (Å²) in [6.07, 6.45) is 21.1. The van der Waals surface area contributed by atoms with Crippen molar-refractivity contribution < 1.29 is 15.0 Å². The van der Waals surface area contributed by atoms with Crippen LogP contribution in [0.2, 0.25) is 0 Å². The topological polar surface area (TPSA) is 57.5 Å². The van der Waals surface area contributed by atoms with Gasteiger partial charge in [-0.2, -0.15) is 0 Å². The zero-order chi connectivity index (χ0) is 19.9. The quantitative estimate of drug-likeness (QED) is 0.247. The van der Waals surface area contributed by atoms with Gasteiger partial charge >= 0.3 is 5.97 Å². The average Bonchev–Trinajstić information content (AvgIpc) is 2.58. The van der Waals surface area contributed by atoms with E-state index in [1.165, 1.54) is 83.5 Å². The fourth-order valence-electron chi connectivity index (χ4n) is 2.91. The molecule has 0 atom stereocenters. The molecule has 0 aliphatic carbocycles. The van der Waals surface area contributed by atoms with Crippen molar-refractivity contribution in [2.45, 2.75) is 130 Å². The number of carboxylic acid groups (broad SMARTS) is 1. The summed E-state index contributed by atoms with van der Waals surface area (Å²) in [5.74, 6) is -0.00491. The first kappa shape index (κ1) is 27.6. The van der Waals surface area contributed by atoms with E-state index in [9.17, 15) is 4.79 Å². The maximum atomic E-state index is 10.3. The Morgan fingerprint density at radius 1 is 0.692 bits per heavy atom. The Kier molecular flexibility index (Phi) is 26.0. The van der Waals surface area contributed by atoms with Gasteiger partial charge in [0.2, 0.25) is 0 Å². The molecule has 0 radical (unpaired) electrons. The van der Waals surface area contributed by atoms with Crippen molar-refractivity contribution in [3.05, 3.63) is 0 Å². The maximum Gasteiger partial charge on any atom is 0.303 e. The molecule has 0 spiro atoms. The SMILES string of the molecule is CC(C)CCO.CCCCCCCCCCCCCCCCCC(=O)O. The Labute approximate surface area is 164 Å². The highest BCUT2D eigenvalue weighted by atomic mass is 16.4. The van der Waals surface area contributed by atoms with E-state index in [4.69, 9.17) is 10.2 Å². The van der Waals surface area contributed by atoms with Crippen LogP contribution in [-0.2, 0) is 4.79 Å². The molecule has 0 aliphatic heterocycles. The summed E-state index contributed by atoms with van der Waals surface area (Å²) in [7, 11) is 0. The Bertz CT molecular complexity index is 264. The third kappa shape index (κ3) is 31.2. The Hall–Kier alpha value is -0.570. The van der Waals surface area contributed by atoms with Crippen molar-refractivity contribution >= 4 is 5.97 Å². The predicted octanol–water partition coefficient (Wildman–Crippen LogP) is 7.36. The van der Waals surface area contributed by atoms with Gasteiger partial charge in [0, 0.05) is 13.0 Å². The van der Waals surface area contributed by atoms with E-state index in [1.54, 1.807) is 0 Å². The number of carboxylic acids is 1. The molecule has 26 heavy (non-hydrogen) atoms.